The highest BCUT2D eigenvalue weighted by atomic mass is 35.5. The lowest BCUT2D eigenvalue weighted by molar-refractivity contribution is 0.0860. The number of amides is 1. The summed E-state index contributed by atoms with van der Waals surface area (Å²) in [5.41, 5.74) is -0.0414. The molecule has 0 aliphatic heterocycles. The van der Waals surface area contributed by atoms with Gasteiger partial charge in [0.25, 0.3) is 5.91 Å². The van der Waals surface area contributed by atoms with Gasteiger partial charge in [0.05, 0.1) is 17.2 Å². The van der Waals surface area contributed by atoms with E-state index < -0.39 is 11.4 Å². The highest BCUT2D eigenvalue weighted by Crippen LogP contribution is 2.30. The van der Waals surface area contributed by atoms with E-state index in [-0.39, 0.29) is 12.3 Å². The van der Waals surface area contributed by atoms with Gasteiger partial charge in [0.1, 0.15) is 0 Å². The SMILES string of the molecule is CC(C)(CO)NC(=O)c1cc(-c2ccc(Cl)cc2Cl)on1. The predicted octanol–water partition coefficient (Wildman–Crippen LogP) is 3.15. The third-order valence-electron chi connectivity index (χ3n) is 2.79. The topological polar surface area (TPSA) is 75.4 Å². The van der Waals surface area contributed by atoms with E-state index in [1.54, 1.807) is 32.0 Å². The number of benzene rings is 1. The van der Waals surface area contributed by atoms with Crippen molar-refractivity contribution >= 4 is 29.1 Å². The van der Waals surface area contributed by atoms with Crippen LogP contribution < -0.4 is 5.32 Å². The molecule has 5 nitrogen and oxygen atoms in total. The summed E-state index contributed by atoms with van der Waals surface area (Å²) in [6, 6.07) is 6.41. The Bertz CT molecular complexity index is 668. The van der Waals surface area contributed by atoms with Crippen LogP contribution in [-0.4, -0.2) is 28.3 Å². The Balaban J connectivity index is 2.24. The van der Waals surface area contributed by atoms with Crippen LogP contribution in [0.25, 0.3) is 11.3 Å². The average molecular weight is 329 g/mol. The Morgan fingerprint density at radius 2 is 2.10 bits per heavy atom. The van der Waals surface area contributed by atoms with E-state index in [1.165, 1.54) is 6.07 Å². The first-order chi connectivity index (χ1) is 9.82. The fraction of sp³-hybridized carbons (Fsp3) is 0.286. The molecule has 21 heavy (non-hydrogen) atoms. The van der Waals surface area contributed by atoms with Gasteiger partial charge < -0.3 is 14.9 Å². The highest BCUT2D eigenvalue weighted by molar-refractivity contribution is 6.36. The molecule has 0 aliphatic rings. The van der Waals surface area contributed by atoms with Gasteiger partial charge in [-0.2, -0.15) is 0 Å². The van der Waals surface area contributed by atoms with Crippen LogP contribution in [0.5, 0.6) is 0 Å². The predicted molar refractivity (Wildman–Crippen MR) is 80.6 cm³/mol. The fourth-order valence-electron chi connectivity index (χ4n) is 1.61. The minimum Gasteiger partial charge on any atom is -0.394 e. The summed E-state index contributed by atoms with van der Waals surface area (Å²) in [5, 5.41) is 16.4. The van der Waals surface area contributed by atoms with Crippen molar-refractivity contribution in [3.63, 3.8) is 0 Å². The maximum absolute atomic E-state index is 12.0. The molecule has 0 fully saturated rings. The van der Waals surface area contributed by atoms with Crippen LogP contribution in [0.1, 0.15) is 24.3 Å². The highest BCUT2D eigenvalue weighted by Gasteiger charge is 2.23. The Morgan fingerprint density at radius 3 is 2.71 bits per heavy atom. The molecular formula is C14H14Cl2N2O3. The summed E-state index contributed by atoms with van der Waals surface area (Å²) < 4.78 is 5.14. The zero-order chi connectivity index (χ0) is 15.6. The first kappa shape index (κ1) is 15.8. The standard InChI is InChI=1S/C14H14Cl2N2O3/c1-14(2,7-19)17-13(20)11-6-12(21-18-11)9-4-3-8(15)5-10(9)16/h3-6,19H,7H2,1-2H3,(H,17,20). The minimum atomic E-state index is -0.742. The van der Waals surface area contributed by atoms with E-state index in [1.807, 2.05) is 0 Å². The van der Waals surface area contributed by atoms with Crippen molar-refractivity contribution in [3.05, 3.63) is 40.0 Å². The number of rotatable bonds is 4. The van der Waals surface area contributed by atoms with E-state index in [9.17, 15) is 4.79 Å². The monoisotopic (exact) mass is 328 g/mol. The van der Waals surface area contributed by atoms with Gasteiger partial charge in [-0.1, -0.05) is 28.4 Å². The molecule has 0 aliphatic carbocycles. The van der Waals surface area contributed by atoms with Crippen LogP contribution in [0.15, 0.2) is 28.8 Å². The number of carbonyl (C=O) groups excluding carboxylic acids is 1. The van der Waals surface area contributed by atoms with Gasteiger partial charge in [0.2, 0.25) is 0 Å². The number of halogens is 2. The van der Waals surface area contributed by atoms with Crippen LogP contribution in [0.2, 0.25) is 10.0 Å². The third-order valence-corrected chi connectivity index (χ3v) is 3.33. The van der Waals surface area contributed by atoms with Crippen molar-refractivity contribution in [2.45, 2.75) is 19.4 Å². The van der Waals surface area contributed by atoms with Crippen LogP contribution in [0.4, 0.5) is 0 Å². The molecule has 0 saturated carbocycles. The fourth-order valence-corrected chi connectivity index (χ4v) is 2.11. The van der Waals surface area contributed by atoms with Crippen LogP contribution >= 0.6 is 23.2 Å². The molecule has 0 atom stereocenters. The molecule has 0 spiro atoms. The smallest absolute Gasteiger partial charge is 0.273 e. The molecule has 1 aromatic carbocycles. The normalized spacial score (nSPS) is 11.5. The Morgan fingerprint density at radius 1 is 1.38 bits per heavy atom. The average Bonchev–Trinajstić information content (AvgIpc) is 2.88. The lowest BCUT2D eigenvalue weighted by Gasteiger charge is -2.22. The number of hydrogen-bond acceptors (Lipinski definition) is 4. The zero-order valence-corrected chi connectivity index (χ0v) is 13.0. The molecule has 1 aromatic heterocycles. The summed E-state index contributed by atoms with van der Waals surface area (Å²) in [7, 11) is 0. The van der Waals surface area contributed by atoms with Crippen molar-refractivity contribution < 1.29 is 14.4 Å². The Kier molecular flexibility index (Phi) is 4.56. The molecular weight excluding hydrogens is 315 g/mol. The molecule has 0 saturated heterocycles. The van der Waals surface area contributed by atoms with E-state index in [4.69, 9.17) is 32.8 Å². The van der Waals surface area contributed by atoms with Crippen molar-refractivity contribution in [2.75, 3.05) is 6.61 Å². The van der Waals surface area contributed by atoms with Gasteiger partial charge in [-0.25, -0.2) is 0 Å². The molecule has 112 valence electrons. The van der Waals surface area contributed by atoms with Gasteiger partial charge in [0.15, 0.2) is 11.5 Å². The van der Waals surface area contributed by atoms with Crippen LogP contribution in [-0.2, 0) is 0 Å². The molecule has 1 heterocycles. The van der Waals surface area contributed by atoms with Crippen molar-refractivity contribution in [3.8, 4) is 11.3 Å². The van der Waals surface area contributed by atoms with E-state index in [2.05, 4.69) is 10.5 Å². The molecule has 2 aromatic rings. The number of hydrogen-bond donors (Lipinski definition) is 2. The summed E-state index contributed by atoms with van der Waals surface area (Å²) in [5.74, 6) is -0.0715. The quantitative estimate of drug-likeness (QED) is 0.903. The number of carbonyl (C=O) groups is 1. The first-order valence-corrected chi connectivity index (χ1v) is 6.93. The number of aliphatic hydroxyl groups is 1. The largest absolute Gasteiger partial charge is 0.394 e. The van der Waals surface area contributed by atoms with E-state index >= 15 is 0 Å². The lowest BCUT2D eigenvalue weighted by Crippen LogP contribution is -2.46. The summed E-state index contributed by atoms with van der Waals surface area (Å²) in [6.45, 7) is 3.20. The summed E-state index contributed by atoms with van der Waals surface area (Å²) in [4.78, 5) is 12.0. The van der Waals surface area contributed by atoms with Gasteiger partial charge in [-0.15, -0.1) is 0 Å². The molecule has 0 bridgehead atoms. The molecule has 7 heteroatoms. The van der Waals surface area contributed by atoms with Crippen LogP contribution in [0.3, 0.4) is 0 Å². The third kappa shape index (κ3) is 3.75. The van der Waals surface area contributed by atoms with Gasteiger partial charge in [-0.3, -0.25) is 4.79 Å². The molecule has 2 N–H and O–H groups in total. The Hall–Kier alpha value is -1.56. The van der Waals surface area contributed by atoms with Crippen LogP contribution in [0, 0.1) is 0 Å². The van der Waals surface area contributed by atoms with Gasteiger partial charge in [0, 0.05) is 16.7 Å². The lowest BCUT2D eigenvalue weighted by atomic mass is 10.1. The van der Waals surface area contributed by atoms with E-state index in [0.29, 0.717) is 21.4 Å². The molecule has 0 unspecified atom stereocenters. The van der Waals surface area contributed by atoms with Gasteiger partial charge in [-0.05, 0) is 32.0 Å². The summed E-state index contributed by atoms with van der Waals surface area (Å²) >= 11 is 11.9. The Labute approximate surface area is 131 Å². The van der Waals surface area contributed by atoms with Crippen molar-refractivity contribution in [1.82, 2.24) is 10.5 Å². The van der Waals surface area contributed by atoms with Crippen molar-refractivity contribution in [2.24, 2.45) is 0 Å². The minimum absolute atomic E-state index is 0.109. The number of nitrogens with one attached hydrogen (secondary N) is 1. The van der Waals surface area contributed by atoms with E-state index in [0.717, 1.165) is 0 Å². The first-order valence-electron chi connectivity index (χ1n) is 6.18. The van der Waals surface area contributed by atoms with Gasteiger partial charge >= 0.3 is 0 Å². The second-order valence-corrected chi connectivity index (χ2v) is 6.04. The van der Waals surface area contributed by atoms with Crippen molar-refractivity contribution in [1.29, 1.82) is 0 Å². The number of aliphatic hydroxyl groups excluding tert-OH is 1. The molecule has 0 radical (unpaired) electrons. The second-order valence-electron chi connectivity index (χ2n) is 5.20. The molecule has 1 amide bonds. The number of aromatic nitrogens is 1. The zero-order valence-electron chi connectivity index (χ0n) is 11.5. The second kappa shape index (κ2) is 6.05. The number of nitrogens with zero attached hydrogens (tertiary/aromatic N) is 1. The maximum atomic E-state index is 12.0. The molecule has 2 rings (SSSR count). The summed E-state index contributed by atoms with van der Waals surface area (Å²) in [6.07, 6.45) is 0. The maximum Gasteiger partial charge on any atom is 0.273 e.